The Bertz CT molecular complexity index is 541. The minimum absolute atomic E-state index is 0.0936. The number of halogens is 2. The molecule has 0 heterocycles. The van der Waals surface area contributed by atoms with Gasteiger partial charge in [-0.05, 0) is 17.7 Å². The average Bonchev–Trinajstić information content (AvgIpc) is 2.41. The highest BCUT2D eigenvalue weighted by atomic mass is 35.5. The summed E-state index contributed by atoms with van der Waals surface area (Å²) in [6, 6.07) is 4.94. The monoisotopic (exact) mass is 346 g/mol. The van der Waals surface area contributed by atoms with Crippen LogP contribution in [0.2, 0.25) is 10.0 Å². The van der Waals surface area contributed by atoms with Gasteiger partial charge in [-0.2, -0.15) is 0 Å². The first-order valence-electron chi connectivity index (χ1n) is 6.80. The maximum Gasteiger partial charge on any atom is 0.317 e. The number of amides is 2. The number of hydrogen-bond donors (Lipinski definition) is 2. The third-order valence-electron chi connectivity index (χ3n) is 3.33. The van der Waals surface area contributed by atoms with Crippen molar-refractivity contribution in [1.29, 1.82) is 0 Å². The van der Waals surface area contributed by atoms with Crippen LogP contribution in [0.25, 0.3) is 0 Å². The predicted octanol–water partition coefficient (Wildman–Crippen LogP) is 3.39. The number of carboxylic acid groups (broad SMARTS) is 1. The number of carbonyl (C=O) groups is 2. The summed E-state index contributed by atoms with van der Waals surface area (Å²) in [5.74, 6) is -0.942. The van der Waals surface area contributed by atoms with E-state index in [2.05, 4.69) is 5.32 Å². The molecule has 0 aliphatic carbocycles. The van der Waals surface area contributed by atoms with Crippen molar-refractivity contribution >= 4 is 35.2 Å². The van der Waals surface area contributed by atoms with E-state index in [4.69, 9.17) is 28.3 Å². The van der Waals surface area contributed by atoms with E-state index in [9.17, 15) is 9.59 Å². The van der Waals surface area contributed by atoms with Gasteiger partial charge in [0.05, 0.1) is 6.42 Å². The standard InChI is InChI=1S/C15H20Cl2N2O3/c1-15(2,13-10(16)5-4-6-11(13)17)9-18-14(22)19(3)8-7-12(20)21/h4-6H,7-9H2,1-3H3,(H,18,22)(H,20,21). The number of benzene rings is 1. The number of urea groups is 1. The van der Waals surface area contributed by atoms with Crippen LogP contribution in [0.4, 0.5) is 4.79 Å². The number of nitrogens with zero attached hydrogens (tertiary/aromatic N) is 1. The van der Waals surface area contributed by atoms with Gasteiger partial charge >= 0.3 is 12.0 Å². The number of nitrogens with one attached hydrogen (secondary N) is 1. The van der Waals surface area contributed by atoms with Crippen LogP contribution >= 0.6 is 23.2 Å². The van der Waals surface area contributed by atoms with E-state index in [1.165, 1.54) is 4.90 Å². The van der Waals surface area contributed by atoms with Gasteiger partial charge in [-0.1, -0.05) is 43.1 Å². The summed E-state index contributed by atoms with van der Waals surface area (Å²) in [7, 11) is 1.55. The number of hydrogen-bond acceptors (Lipinski definition) is 2. The van der Waals surface area contributed by atoms with Gasteiger partial charge in [-0.3, -0.25) is 4.79 Å². The first kappa shape index (κ1) is 18.6. The molecule has 0 aromatic heterocycles. The average molecular weight is 347 g/mol. The highest BCUT2D eigenvalue weighted by Gasteiger charge is 2.27. The Morgan fingerprint density at radius 1 is 1.27 bits per heavy atom. The van der Waals surface area contributed by atoms with E-state index >= 15 is 0 Å². The van der Waals surface area contributed by atoms with Crippen molar-refractivity contribution in [2.75, 3.05) is 20.1 Å². The fraction of sp³-hybridized carbons (Fsp3) is 0.467. The van der Waals surface area contributed by atoms with Gasteiger partial charge < -0.3 is 15.3 Å². The Kier molecular flexibility index (Phi) is 6.50. The van der Waals surface area contributed by atoms with Gasteiger partial charge in [-0.25, -0.2) is 4.79 Å². The molecule has 1 aromatic rings. The van der Waals surface area contributed by atoms with Gasteiger partial charge in [0, 0.05) is 35.6 Å². The molecule has 0 radical (unpaired) electrons. The van der Waals surface area contributed by atoms with E-state index in [0.717, 1.165) is 5.56 Å². The second kappa shape index (κ2) is 7.70. The van der Waals surface area contributed by atoms with Crippen molar-refractivity contribution in [3.8, 4) is 0 Å². The second-order valence-corrected chi connectivity index (χ2v) is 6.52. The fourth-order valence-corrected chi connectivity index (χ4v) is 2.94. The van der Waals surface area contributed by atoms with Crippen molar-refractivity contribution < 1.29 is 14.7 Å². The van der Waals surface area contributed by atoms with Gasteiger partial charge in [0.25, 0.3) is 0 Å². The number of aliphatic carboxylic acids is 1. The second-order valence-electron chi connectivity index (χ2n) is 5.70. The molecule has 0 bridgehead atoms. The van der Waals surface area contributed by atoms with E-state index in [1.54, 1.807) is 25.2 Å². The Balaban J connectivity index is 2.69. The highest BCUT2D eigenvalue weighted by molar-refractivity contribution is 6.36. The predicted molar refractivity (Wildman–Crippen MR) is 87.8 cm³/mol. The van der Waals surface area contributed by atoms with E-state index in [0.29, 0.717) is 16.6 Å². The zero-order valence-corrected chi connectivity index (χ0v) is 14.3. The minimum atomic E-state index is -0.942. The van der Waals surface area contributed by atoms with Crippen LogP contribution in [-0.4, -0.2) is 42.1 Å². The lowest BCUT2D eigenvalue weighted by atomic mass is 9.84. The number of carbonyl (C=O) groups excluding carboxylic acids is 1. The molecule has 1 rings (SSSR count). The molecule has 2 N–H and O–H groups in total. The summed E-state index contributed by atoms with van der Waals surface area (Å²) in [6.07, 6.45) is -0.0936. The summed E-state index contributed by atoms with van der Waals surface area (Å²) in [4.78, 5) is 23.8. The summed E-state index contributed by atoms with van der Waals surface area (Å²) >= 11 is 12.4. The van der Waals surface area contributed by atoms with Gasteiger partial charge in [0.1, 0.15) is 0 Å². The van der Waals surface area contributed by atoms with Crippen molar-refractivity contribution in [2.45, 2.75) is 25.7 Å². The van der Waals surface area contributed by atoms with Crippen LogP contribution in [0, 0.1) is 0 Å². The molecule has 0 aliphatic rings. The van der Waals surface area contributed by atoms with E-state index in [1.807, 2.05) is 13.8 Å². The SMILES string of the molecule is CN(CCC(=O)O)C(=O)NCC(C)(C)c1c(Cl)cccc1Cl. The molecule has 0 saturated heterocycles. The zero-order chi connectivity index (χ0) is 16.9. The van der Waals surface area contributed by atoms with Crippen LogP contribution in [0.3, 0.4) is 0 Å². The molecule has 122 valence electrons. The topological polar surface area (TPSA) is 69.6 Å². The van der Waals surface area contributed by atoms with Crippen molar-refractivity contribution in [3.05, 3.63) is 33.8 Å². The van der Waals surface area contributed by atoms with E-state index in [-0.39, 0.29) is 19.0 Å². The molecular weight excluding hydrogens is 327 g/mol. The van der Waals surface area contributed by atoms with Crippen molar-refractivity contribution in [1.82, 2.24) is 10.2 Å². The lowest BCUT2D eigenvalue weighted by Crippen LogP contribution is -2.43. The summed E-state index contributed by atoms with van der Waals surface area (Å²) in [5, 5.41) is 12.5. The molecule has 0 spiro atoms. The molecule has 5 nitrogen and oxygen atoms in total. The Hall–Kier alpha value is -1.46. The molecule has 0 unspecified atom stereocenters. The summed E-state index contributed by atoms with van der Waals surface area (Å²) < 4.78 is 0. The first-order valence-corrected chi connectivity index (χ1v) is 7.56. The van der Waals surface area contributed by atoms with E-state index < -0.39 is 11.4 Å². The minimum Gasteiger partial charge on any atom is -0.481 e. The van der Waals surface area contributed by atoms with Crippen LogP contribution in [0.15, 0.2) is 18.2 Å². The third kappa shape index (κ3) is 5.07. The smallest absolute Gasteiger partial charge is 0.317 e. The number of carboxylic acids is 1. The maximum atomic E-state index is 12.0. The van der Waals surface area contributed by atoms with Gasteiger partial charge in [-0.15, -0.1) is 0 Å². The summed E-state index contributed by atoms with van der Waals surface area (Å²) in [5.41, 5.74) is 0.311. The normalized spacial score (nSPS) is 11.1. The Morgan fingerprint density at radius 2 is 1.82 bits per heavy atom. The summed E-state index contributed by atoms with van der Waals surface area (Å²) in [6.45, 7) is 4.33. The van der Waals surface area contributed by atoms with Crippen LogP contribution in [-0.2, 0) is 10.2 Å². The largest absolute Gasteiger partial charge is 0.481 e. The third-order valence-corrected chi connectivity index (χ3v) is 3.96. The van der Waals surface area contributed by atoms with Crippen molar-refractivity contribution in [3.63, 3.8) is 0 Å². The maximum absolute atomic E-state index is 12.0. The molecule has 0 fully saturated rings. The molecule has 0 aliphatic heterocycles. The molecule has 1 aromatic carbocycles. The molecule has 7 heteroatoms. The van der Waals surface area contributed by atoms with Gasteiger partial charge in [0.15, 0.2) is 0 Å². The molecule has 0 atom stereocenters. The quantitative estimate of drug-likeness (QED) is 0.829. The Morgan fingerprint density at radius 3 is 2.32 bits per heavy atom. The lowest BCUT2D eigenvalue weighted by Gasteiger charge is -2.29. The van der Waals surface area contributed by atoms with Crippen LogP contribution < -0.4 is 5.32 Å². The Labute approximate surface area is 140 Å². The molecular formula is C15H20Cl2N2O3. The lowest BCUT2D eigenvalue weighted by molar-refractivity contribution is -0.137. The molecule has 22 heavy (non-hydrogen) atoms. The first-order chi connectivity index (χ1) is 10.1. The van der Waals surface area contributed by atoms with Crippen LogP contribution in [0.5, 0.6) is 0 Å². The van der Waals surface area contributed by atoms with Gasteiger partial charge in [0.2, 0.25) is 0 Å². The fourth-order valence-electron chi connectivity index (χ4n) is 2.03. The molecule has 0 saturated carbocycles. The molecule has 2 amide bonds. The van der Waals surface area contributed by atoms with Crippen molar-refractivity contribution in [2.24, 2.45) is 0 Å². The highest BCUT2D eigenvalue weighted by Crippen LogP contribution is 2.35. The zero-order valence-electron chi connectivity index (χ0n) is 12.8. The number of rotatable bonds is 6. The van der Waals surface area contributed by atoms with Crippen LogP contribution in [0.1, 0.15) is 25.8 Å².